The maximum Gasteiger partial charge on any atom is 0.134 e. The lowest BCUT2D eigenvalue weighted by atomic mass is 10.1. The zero-order valence-corrected chi connectivity index (χ0v) is 8.68. The van der Waals surface area contributed by atoms with Crippen LogP contribution in [0.5, 0.6) is 0 Å². The molecule has 2 nitrogen and oxygen atoms in total. The largest absolute Gasteiger partial charge is 0.506 e. The van der Waals surface area contributed by atoms with E-state index in [0.29, 0.717) is 5.76 Å². The second-order valence-electron chi connectivity index (χ2n) is 3.22. The van der Waals surface area contributed by atoms with Crippen molar-refractivity contribution in [1.29, 1.82) is 0 Å². The molecule has 3 heteroatoms. The molecule has 74 valence electrons. The highest BCUT2D eigenvalue weighted by Gasteiger charge is 2.06. The lowest BCUT2D eigenvalue weighted by Crippen LogP contribution is -2.15. The van der Waals surface area contributed by atoms with Crippen LogP contribution in [0.1, 0.15) is 17.7 Å². The number of thiophene rings is 1. The Labute approximate surface area is 87.6 Å². The van der Waals surface area contributed by atoms with Crippen LogP contribution in [-0.4, -0.2) is 5.11 Å². The van der Waals surface area contributed by atoms with Crippen molar-refractivity contribution in [1.82, 2.24) is 5.32 Å². The van der Waals surface area contributed by atoms with Crippen LogP contribution >= 0.6 is 11.3 Å². The monoisotopic (exact) mass is 207 g/mol. The number of aliphatic hydroxyl groups excluding tert-OH is 1. The first kappa shape index (κ1) is 9.34. The minimum absolute atomic E-state index is 0.382. The van der Waals surface area contributed by atoms with Gasteiger partial charge in [-0.3, -0.25) is 0 Å². The summed E-state index contributed by atoms with van der Waals surface area (Å²) in [6.07, 6.45) is 5.85. The molecule has 0 atom stereocenters. The molecule has 0 spiro atoms. The summed E-state index contributed by atoms with van der Waals surface area (Å²) >= 11 is 1.72. The predicted molar refractivity (Wildman–Crippen MR) is 59.2 cm³/mol. The molecule has 1 aromatic rings. The first-order valence-corrected chi connectivity index (χ1v) is 5.60. The van der Waals surface area contributed by atoms with Gasteiger partial charge in [-0.05, 0) is 30.4 Å². The summed E-state index contributed by atoms with van der Waals surface area (Å²) in [6, 6.07) is 4.12. The summed E-state index contributed by atoms with van der Waals surface area (Å²) in [5, 5.41) is 14.8. The van der Waals surface area contributed by atoms with E-state index in [2.05, 4.69) is 16.8 Å². The zero-order valence-electron chi connectivity index (χ0n) is 7.86. The summed E-state index contributed by atoms with van der Waals surface area (Å²) in [5.41, 5.74) is 0.865. The first-order chi connectivity index (χ1) is 6.86. The molecule has 1 aliphatic carbocycles. The van der Waals surface area contributed by atoms with E-state index in [0.717, 1.165) is 25.1 Å². The SMILES string of the molecule is OC1=CCCC=C1NCc1cccs1. The molecular weight excluding hydrogens is 194 g/mol. The van der Waals surface area contributed by atoms with Crippen molar-refractivity contribution in [2.45, 2.75) is 19.4 Å². The number of hydrogen-bond acceptors (Lipinski definition) is 3. The van der Waals surface area contributed by atoms with Gasteiger partial charge < -0.3 is 10.4 Å². The highest BCUT2D eigenvalue weighted by molar-refractivity contribution is 7.09. The van der Waals surface area contributed by atoms with Crippen molar-refractivity contribution < 1.29 is 5.11 Å². The average molecular weight is 207 g/mol. The fourth-order valence-electron chi connectivity index (χ4n) is 1.42. The predicted octanol–water partition coefficient (Wildman–Crippen LogP) is 2.96. The molecule has 0 saturated heterocycles. The minimum Gasteiger partial charge on any atom is -0.506 e. The van der Waals surface area contributed by atoms with E-state index < -0.39 is 0 Å². The van der Waals surface area contributed by atoms with Gasteiger partial charge in [0.05, 0.1) is 5.70 Å². The van der Waals surface area contributed by atoms with Crippen LogP contribution in [-0.2, 0) is 6.54 Å². The van der Waals surface area contributed by atoms with Gasteiger partial charge in [0.2, 0.25) is 0 Å². The number of aliphatic hydroxyl groups is 1. The van der Waals surface area contributed by atoms with Gasteiger partial charge in [0.15, 0.2) is 0 Å². The molecule has 1 aromatic heterocycles. The number of nitrogens with one attached hydrogen (secondary N) is 1. The standard InChI is InChI=1S/C11H13NOS/c13-11-6-2-1-5-10(11)12-8-9-4-3-7-14-9/h3-7,12-13H,1-2,8H2. The molecular formula is C11H13NOS. The molecule has 0 bridgehead atoms. The number of rotatable bonds is 3. The van der Waals surface area contributed by atoms with E-state index in [1.54, 1.807) is 11.3 Å². The topological polar surface area (TPSA) is 32.3 Å². The molecule has 0 saturated carbocycles. The summed E-state index contributed by atoms with van der Waals surface area (Å²) < 4.78 is 0. The van der Waals surface area contributed by atoms with Crippen LogP contribution in [0.4, 0.5) is 0 Å². The van der Waals surface area contributed by atoms with Crippen LogP contribution in [0.15, 0.2) is 41.1 Å². The maximum absolute atomic E-state index is 9.53. The van der Waals surface area contributed by atoms with Gasteiger partial charge in [0.1, 0.15) is 5.76 Å². The Balaban J connectivity index is 1.92. The van der Waals surface area contributed by atoms with Crippen molar-refractivity contribution >= 4 is 11.3 Å². The van der Waals surface area contributed by atoms with Gasteiger partial charge in [-0.1, -0.05) is 12.1 Å². The molecule has 0 amide bonds. The number of hydrogen-bond donors (Lipinski definition) is 2. The minimum atomic E-state index is 0.382. The lowest BCUT2D eigenvalue weighted by Gasteiger charge is -2.12. The third-order valence-electron chi connectivity index (χ3n) is 2.16. The second kappa shape index (κ2) is 4.33. The third kappa shape index (κ3) is 2.17. The van der Waals surface area contributed by atoms with E-state index in [4.69, 9.17) is 0 Å². The molecule has 14 heavy (non-hydrogen) atoms. The Morgan fingerprint density at radius 2 is 2.21 bits per heavy atom. The van der Waals surface area contributed by atoms with Crippen LogP contribution in [0.3, 0.4) is 0 Å². The van der Waals surface area contributed by atoms with E-state index >= 15 is 0 Å². The highest BCUT2D eigenvalue weighted by Crippen LogP contribution is 2.15. The molecule has 0 fully saturated rings. The Hall–Kier alpha value is -1.22. The fourth-order valence-corrected chi connectivity index (χ4v) is 2.07. The average Bonchev–Trinajstić information content (AvgIpc) is 2.69. The summed E-state index contributed by atoms with van der Waals surface area (Å²) in [5.74, 6) is 0.382. The van der Waals surface area contributed by atoms with Gasteiger partial charge in [0, 0.05) is 11.4 Å². The van der Waals surface area contributed by atoms with Crippen molar-refractivity contribution in [2.75, 3.05) is 0 Å². The Morgan fingerprint density at radius 3 is 2.93 bits per heavy atom. The van der Waals surface area contributed by atoms with Gasteiger partial charge in [0.25, 0.3) is 0 Å². The lowest BCUT2D eigenvalue weighted by molar-refractivity contribution is 0.407. The molecule has 2 rings (SSSR count). The molecule has 0 unspecified atom stereocenters. The summed E-state index contributed by atoms with van der Waals surface area (Å²) in [6.45, 7) is 0.793. The van der Waals surface area contributed by atoms with Crippen LogP contribution in [0.2, 0.25) is 0 Å². The fraction of sp³-hybridized carbons (Fsp3) is 0.273. The quantitative estimate of drug-likeness (QED) is 0.798. The van der Waals surface area contributed by atoms with Gasteiger partial charge in [-0.15, -0.1) is 11.3 Å². The van der Waals surface area contributed by atoms with Crippen molar-refractivity contribution in [2.24, 2.45) is 0 Å². The van der Waals surface area contributed by atoms with Crippen LogP contribution in [0.25, 0.3) is 0 Å². The Bertz CT molecular complexity index is 351. The second-order valence-corrected chi connectivity index (χ2v) is 4.25. The van der Waals surface area contributed by atoms with E-state index in [-0.39, 0.29) is 0 Å². The Morgan fingerprint density at radius 1 is 1.36 bits per heavy atom. The van der Waals surface area contributed by atoms with Crippen LogP contribution < -0.4 is 5.32 Å². The molecule has 0 radical (unpaired) electrons. The number of allylic oxidation sites excluding steroid dienone is 2. The summed E-state index contributed by atoms with van der Waals surface area (Å²) in [4.78, 5) is 1.28. The zero-order chi connectivity index (χ0) is 9.80. The Kier molecular flexibility index (Phi) is 2.89. The normalized spacial score (nSPS) is 16.0. The van der Waals surface area contributed by atoms with E-state index in [9.17, 15) is 5.11 Å². The summed E-state index contributed by atoms with van der Waals surface area (Å²) in [7, 11) is 0. The van der Waals surface area contributed by atoms with Gasteiger partial charge in [-0.25, -0.2) is 0 Å². The van der Waals surface area contributed by atoms with Gasteiger partial charge >= 0.3 is 0 Å². The first-order valence-electron chi connectivity index (χ1n) is 4.72. The molecule has 0 aromatic carbocycles. The van der Waals surface area contributed by atoms with E-state index in [1.165, 1.54) is 4.88 Å². The van der Waals surface area contributed by atoms with Gasteiger partial charge in [-0.2, -0.15) is 0 Å². The smallest absolute Gasteiger partial charge is 0.134 e. The maximum atomic E-state index is 9.53. The molecule has 2 N–H and O–H groups in total. The van der Waals surface area contributed by atoms with Crippen molar-refractivity contribution in [3.05, 3.63) is 46.0 Å². The molecule has 1 aliphatic rings. The molecule has 0 aliphatic heterocycles. The van der Waals surface area contributed by atoms with Crippen LogP contribution in [0, 0.1) is 0 Å². The highest BCUT2D eigenvalue weighted by atomic mass is 32.1. The van der Waals surface area contributed by atoms with Crippen molar-refractivity contribution in [3.8, 4) is 0 Å². The third-order valence-corrected chi connectivity index (χ3v) is 3.04. The molecule has 1 heterocycles. The van der Waals surface area contributed by atoms with E-state index in [1.807, 2.05) is 18.2 Å². The van der Waals surface area contributed by atoms with Crippen molar-refractivity contribution in [3.63, 3.8) is 0 Å².